The van der Waals surface area contributed by atoms with Gasteiger partial charge in [0.1, 0.15) is 0 Å². The summed E-state index contributed by atoms with van der Waals surface area (Å²) >= 11 is 3.34. The van der Waals surface area contributed by atoms with E-state index in [1.165, 1.54) is 12.0 Å². The molecule has 0 saturated heterocycles. The fraction of sp³-hybridized carbons (Fsp3) is 0.385. The van der Waals surface area contributed by atoms with Crippen molar-refractivity contribution in [1.82, 2.24) is 4.90 Å². The third-order valence-corrected chi connectivity index (χ3v) is 3.10. The molecule has 0 atom stereocenters. The summed E-state index contributed by atoms with van der Waals surface area (Å²) in [5.41, 5.74) is 0. The zero-order chi connectivity index (χ0) is 14.3. The third-order valence-electron chi connectivity index (χ3n) is 2.48. The summed E-state index contributed by atoms with van der Waals surface area (Å²) in [4.78, 5) is 13.2. The highest BCUT2D eigenvalue weighted by molar-refractivity contribution is 9.10. The van der Waals surface area contributed by atoms with Gasteiger partial charge in [-0.15, -0.1) is 0 Å². The van der Waals surface area contributed by atoms with E-state index in [0.29, 0.717) is 24.5 Å². The van der Waals surface area contributed by atoms with Crippen molar-refractivity contribution in [2.24, 2.45) is 0 Å². The lowest BCUT2D eigenvalue weighted by atomic mass is 10.3. The fourth-order valence-electron chi connectivity index (χ4n) is 1.38. The second kappa shape index (κ2) is 7.64. The maximum Gasteiger partial charge on any atom is 0.260 e. The zero-order valence-electron chi connectivity index (χ0n) is 10.9. The van der Waals surface area contributed by atoms with E-state index < -0.39 is 0 Å². The Bertz CT molecular complexity index is 485. The van der Waals surface area contributed by atoms with Gasteiger partial charge < -0.3 is 14.4 Å². The Hall–Kier alpha value is -1.74. The first kappa shape index (κ1) is 15.3. The van der Waals surface area contributed by atoms with Crippen LogP contribution in [-0.2, 0) is 4.79 Å². The smallest absolute Gasteiger partial charge is 0.260 e. The molecule has 1 rings (SSSR count). The number of nitrogens with zero attached hydrogens (tertiary/aromatic N) is 2. The van der Waals surface area contributed by atoms with Crippen LogP contribution < -0.4 is 9.47 Å². The Morgan fingerprint density at radius 2 is 2.26 bits per heavy atom. The van der Waals surface area contributed by atoms with Gasteiger partial charge in [-0.3, -0.25) is 4.79 Å². The van der Waals surface area contributed by atoms with E-state index in [2.05, 4.69) is 15.9 Å². The standard InChI is InChI=1S/C13H15BrN2O3/c1-16(8-4-7-15)12(17)9-19-13-10(14)5-3-6-11(13)18-2/h3,5-6H,4,8-9H2,1-2H3. The van der Waals surface area contributed by atoms with Gasteiger partial charge in [-0.25, -0.2) is 0 Å². The molecule has 0 heterocycles. The van der Waals surface area contributed by atoms with Crippen molar-refractivity contribution in [1.29, 1.82) is 5.26 Å². The van der Waals surface area contributed by atoms with Crippen molar-refractivity contribution in [2.75, 3.05) is 27.3 Å². The molecule has 0 aromatic heterocycles. The molecule has 0 unspecified atom stereocenters. The molecule has 0 aliphatic carbocycles. The Morgan fingerprint density at radius 3 is 2.89 bits per heavy atom. The number of amides is 1. The minimum Gasteiger partial charge on any atom is -0.493 e. The lowest BCUT2D eigenvalue weighted by Crippen LogP contribution is -2.32. The van der Waals surface area contributed by atoms with Crippen molar-refractivity contribution in [3.63, 3.8) is 0 Å². The highest BCUT2D eigenvalue weighted by Gasteiger charge is 2.13. The maximum absolute atomic E-state index is 11.8. The van der Waals surface area contributed by atoms with Gasteiger partial charge in [0.25, 0.3) is 5.91 Å². The number of hydrogen-bond donors (Lipinski definition) is 0. The summed E-state index contributed by atoms with van der Waals surface area (Å²) in [6.07, 6.45) is 0.306. The molecular weight excluding hydrogens is 312 g/mol. The SMILES string of the molecule is COc1cccc(Br)c1OCC(=O)N(C)CCC#N. The molecule has 5 nitrogen and oxygen atoms in total. The Balaban J connectivity index is 2.62. The number of hydrogen-bond acceptors (Lipinski definition) is 4. The average molecular weight is 327 g/mol. The Morgan fingerprint density at radius 1 is 1.53 bits per heavy atom. The van der Waals surface area contributed by atoms with Crippen molar-refractivity contribution in [3.05, 3.63) is 22.7 Å². The number of rotatable bonds is 6. The van der Waals surface area contributed by atoms with Gasteiger partial charge >= 0.3 is 0 Å². The number of carbonyl (C=O) groups is 1. The molecule has 0 aliphatic heterocycles. The number of ether oxygens (including phenoxy) is 2. The molecular formula is C13H15BrN2O3. The Kier molecular flexibility index (Phi) is 6.16. The van der Waals surface area contributed by atoms with E-state index in [1.54, 1.807) is 13.1 Å². The first-order chi connectivity index (χ1) is 9.10. The number of halogens is 1. The van der Waals surface area contributed by atoms with Gasteiger partial charge in [-0.05, 0) is 28.1 Å². The highest BCUT2D eigenvalue weighted by Crippen LogP contribution is 2.34. The number of nitriles is 1. The number of para-hydroxylation sites is 1. The summed E-state index contributed by atoms with van der Waals surface area (Å²) in [5.74, 6) is 0.863. The normalized spacial score (nSPS) is 9.58. The molecule has 1 amide bonds. The predicted octanol–water partition coefficient (Wildman–Crippen LogP) is 2.21. The first-order valence-corrected chi connectivity index (χ1v) is 6.45. The van der Waals surface area contributed by atoms with Crippen LogP contribution in [-0.4, -0.2) is 38.1 Å². The number of benzene rings is 1. The van der Waals surface area contributed by atoms with Crippen LogP contribution in [0.25, 0.3) is 0 Å². The summed E-state index contributed by atoms with van der Waals surface area (Å²) in [7, 11) is 3.18. The van der Waals surface area contributed by atoms with Crippen molar-refractivity contribution in [2.45, 2.75) is 6.42 Å². The molecule has 0 bridgehead atoms. The summed E-state index contributed by atoms with van der Waals surface area (Å²) in [6.45, 7) is 0.298. The quantitative estimate of drug-likeness (QED) is 0.804. The summed E-state index contributed by atoms with van der Waals surface area (Å²) in [5, 5.41) is 8.47. The molecule has 0 radical (unpaired) electrons. The molecule has 1 aromatic carbocycles. The van der Waals surface area contributed by atoms with Crippen LogP contribution in [0.5, 0.6) is 11.5 Å². The van der Waals surface area contributed by atoms with E-state index >= 15 is 0 Å². The van der Waals surface area contributed by atoms with Crippen LogP contribution in [0.4, 0.5) is 0 Å². The van der Waals surface area contributed by atoms with E-state index in [4.69, 9.17) is 14.7 Å². The van der Waals surface area contributed by atoms with Gasteiger partial charge in [0.05, 0.1) is 24.1 Å². The zero-order valence-corrected chi connectivity index (χ0v) is 12.4. The van der Waals surface area contributed by atoms with Crippen LogP contribution in [0.2, 0.25) is 0 Å². The van der Waals surface area contributed by atoms with Gasteiger partial charge in [-0.1, -0.05) is 6.07 Å². The second-order valence-electron chi connectivity index (χ2n) is 3.78. The molecule has 102 valence electrons. The van der Waals surface area contributed by atoms with E-state index in [-0.39, 0.29) is 12.5 Å². The van der Waals surface area contributed by atoms with E-state index in [0.717, 1.165) is 4.47 Å². The second-order valence-corrected chi connectivity index (χ2v) is 4.64. The first-order valence-electron chi connectivity index (χ1n) is 5.66. The molecule has 0 spiro atoms. The molecule has 0 N–H and O–H groups in total. The van der Waals surface area contributed by atoms with Gasteiger partial charge in [-0.2, -0.15) is 5.26 Å². The largest absolute Gasteiger partial charge is 0.493 e. The van der Waals surface area contributed by atoms with Gasteiger partial charge in [0.2, 0.25) is 0 Å². The minimum atomic E-state index is -0.187. The summed E-state index contributed by atoms with van der Waals surface area (Å²) < 4.78 is 11.4. The van der Waals surface area contributed by atoms with Crippen LogP contribution in [0, 0.1) is 11.3 Å². The molecule has 0 saturated carbocycles. The van der Waals surface area contributed by atoms with Crippen molar-refractivity contribution >= 4 is 21.8 Å². The molecule has 0 aliphatic rings. The Labute approximate surface area is 120 Å². The third kappa shape index (κ3) is 4.45. The van der Waals surface area contributed by atoms with Crippen LogP contribution in [0.15, 0.2) is 22.7 Å². The van der Waals surface area contributed by atoms with Crippen LogP contribution >= 0.6 is 15.9 Å². The van der Waals surface area contributed by atoms with Gasteiger partial charge in [0.15, 0.2) is 18.1 Å². The van der Waals surface area contributed by atoms with Gasteiger partial charge in [0, 0.05) is 13.6 Å². The fourth-order valence-corrected chi connectivity index (χ4v) is 1.84. The lowest BCUT2D eigenvalue weighted by Gasteiger charge is -2.17. The molecule has 19 heavy (non-hydrogen) atoms. The summed E-state index contributed by atoms with van der Waals surface area (Å²) in [6, 6.07) is 7.37. The molecule has 1 aromatic rings. The monoisotopic (exact) mass is 326 g/mol. The van der Waals surface area contributed by atoms with Crippen molar-refractivity contribution in [3.8, 4) is 17.6 Å². The maximum atomic E-state index is 11.8. The number of carbonyl (C=O) groups excluding carboxylic acids is 1. The number of methoxy groups -OCH3 is 1. The molecule has 6 heteroatoms. The average Bonchev–Trinajstić information content (AvgIpc) is 2.42. The minimum absolute atomic E-state index is 0.0963. The van der Waals surface area contributed by atoms with E-state index in [9.17, 15) is 4.79 Å². The predicted molar refractivity (Wildman–Crippen MR) is 74.1 cm³/mol. The van der Waals surface area contributed by atoms with Crippen molar-refractivity contribution < 1.29 is 14.3 Å². The number of likely N-dealkylation sites (N-methyl/N-ethyl adjacent to an activating group) is 1. The highest BCUT2D eigenvalue weighted by atomic mass is 79.9. The molecule has 0 fully saturated rings. The van der Waals surface area contributed by atoms with Crippen LogP contribution in [0.3, 0.4) is 0 Å². The van der Waals surface area contributed by atoms with E-state index in [1.807, 2.05) is 18.2 Å². The lowest BCUT2D eigenvalue weighted by molar-refractivity contribution is -0.132. The van der Waals surface area contributed by atoms with Crippen LogP contribution in [0.1, 0.15) is 6.42 Å². The topological polar surface area (TPSA) is 62.6 Å².